The third-order valence-electron chi connectivity index (χ3n) is 2.29. The molecule has 2 aromatic rings. The summed E-state index contributed by atoms with van der Waals surface area (Å²) in [6, 6.07) is 4.91. The number of amides is 1. The van der Waals surface area contributed by atoms with Gasteiger partial charge in [-0.15, -0.1) is 0 Å². The number of halogens is 1. The molecule has 0 bridgehead atoms. The molecular weight excluding hydrogens is 240 g/mol. The lowest BCUT2D eigenvalue weighted by atomic mass is 10.2. The maximum Gasteiger partial charge on any atom is 0.273 e. The number of nitrogens with one attached hydrogen (secondary N) is 1. The molecule has 0 saturated heterocycles. The summed E-state index contributed by atoms with van der Waals surface area (Å²) in [5.41, 5.74) is 7.09. The van der Waals surface area contributed by atoms with E-state index in [1.807, 2.05) is 0 Å². The highest BCUT2D eigenvalue weighted by molar-refractivity contribution is 6.34. The number of imidazole rings is 1. The van der Waals surface area contributed by atoms with Crippen LogP contribution in [0.25, 0.3) is 0 Å². The van der Waals surface area contributed by atoms with Gasteiger partial charge in [0, 0.05) is 12.7 Å². The molecule has 17 heavy (non-hydrogen) atoms. The second-order valence-electron chi connectivity index (χ2n) is 3.58. The number of nitrogens with two attached hydrogens (primary N) is 1. The highest BCUT2D eigenvalue weighted by Gasteiger charge is 2.11. The topological polar surface area (TPSA) is 72.9 Å². The first-order chi connectivity index (χ1) is 8.08. The number of nitrogen functional groups attached to an aromatic ring is 1. The van der Waals surface area contributed by atoms with Crippen molar-refractivity contribution >= 4 is 28.9 Å². The molecule has 3 N–H and O–H groups in total. The Balaban J connectivity index is 2.24. The summed E-state index contributed by atoms with van der Waals surface area (Å²) < 4.78 is 1.62. The van der Waals surface area contributed by atoms with Gasteiger partial charge in [0.1, 0.15) is 5.69 Å². The molecule has 0 aliphatic heterocycles. The number of rotatable bonds is 2. The Bertz CT molecular complexity index is 564. The molecule has 0 unspecified atom stereocenters. The number of nitrogens with zero attached hydrogens (tertiary/aromatic N) is 2. The monoisotopic (exact) mass is 250 g/mol. The Morgan fingerprint density at radius 2 is 2.29 bits per heavy atom. The summed E-state index contributed by atoms with van der Waals surface area (Å²) in [6.07, 6.45) is 3.03. The molecule has 0 atom stereocenters. The molecule has 1 aromatic carbocycles. The molecule has 2 rings (SSSR count). The van der Waals surface area contributed by atoms with Crippen molar-refractivity contribution in [3.05, 3.63) is 41.4 Å². The second-order valence-corrected chi connectivity index (χ2v) is 3.99. The lowest BCUT2D eigenvalue weighted by molar-refractivity contribution is 0.101. The SMILES string of the molecule is Cn1cncc1C(=O)Nc1cc(N)ccc1Cl. The largest absolute Gasteiger partial charge is 0.399 e. The van der Waals surface area contributed by atoms with Crippen molar-refractivity contribution in [2.75, 3.05) is 11.1 Å². The predicted molar refractivity (Wildman–Crippen MR) is 67.0 cm³/mol. The van der Waals surface area contributed by atoms with Gasteiger partial charge < -0.3 is 15.6 Å². The van der Waals surface area contributed by atoms with E-state index in [4.69, 9.17) is 17.3 Å². The van der Waals surface area contributed by atoms with Gasteiger partial charge in [0.2, 0.25) is 0 Å². The fraction of sp³-hybridized carbons (Fsp3) is 0.0909. The summed E-state index contributed by atoms with van der Waals surface area (Å²) in [5.74, 6) is -0.280. The Morgan fingerprint density at radius 1 is 1.53 bits per heavy atom. The van der Waals surface area contributed by atoms with E-state index < -0.39 is 0 Å². The van der Waals surface area contributed by atoms with Gasteiger partial charge in [0.05, 0.1) is 23.2 Å². The summed E-state index contributed by atoms with van der Waals surface area (Å²) in [7, 11) is 1.74. The number of anilines is 2. The van der Waals surface area contributed by atoms with Crippen LogP contribution in [0.3, 0.4) is 0 Å². The Kier molecular flexibility index (Phi) is 3.01. The van der Waals surface area contributed by atoms with Crippen LogP contribution in [0.1, 0.15) is 10.5 Å². The number of hydrogen-bond acceptors (Lipinski definition) is 3. The average Bonchev–Trinajstić information content (AvgIpc) is 2.70. The van der Waals surface area contributed by atoms with Gasteiger partial charge >= 0.3 is 0 Å². The van der Waals surface area contributed by atoms with E-state index in [0.29, 0.717) is 22.1 Å². The van der Waals surface area contributed by atoms with Crippen molar-refractivity contribution in [3.63, 3.8) is 0 Å². The third-order valence-corrected chi connectivity index (χ3v) is 2.62. The molecule has 0 saturated carbocycles. The van der Waals surface area contributed by atoms with Gasteiger partial charge in [-0.2, -0.15) is 0 Å². The van der Waals surface area contributed by atoms with Crippen LogP contribution in [-0.2, 0) is 7.05 Å². The molecule has 1 amide bonds. The molecule has 0 aliphatic carbocycles. The lowest BCUT2D eigenvalue weighted by Crippen LogP contribution is -2.15. The number of carbonyl (C=O) groups excluding carboxylic acids is 1. The molecule has 6 heteroatoms. The fourth-order valence-electron chi connectivity index (χ4n) is 1.40. The first-order valence-electron chi connectivity index (χ1n) is 4.90. The van der Waals surface area contributed by atoms with E-state index in [1.54, 1.807) is 36.1 Å². The maximum absolute atomic E-state index is 11.9. The van der Waals surface area contributed by atoms with Crippen LogP contribution in [0, 0.1) is 0 Å². The number of benzene rings is 1. The normalized spacial score (nSPS) is 10.2. The van der Waals surface area contributed by atoms with Gasteiger partial charge in [0.15, 0.2) is 0 Å². The third kappa shape index (κ3) is 2.39. The van der Waals surface area contributed by atoms with E-state index in [2.05, 4.69) is 10.3 Å². The second kappa shape index (κ2) is 4.47. The summed E-state index contributed by atoms with van der Waals surface area (Å²) >= 11 is 5.95. The number of hydrogen-bond donors (Lipinski definition) is 2. The molecule has 88 valence electrons. The van der Waals surface area contributed by atoms with E-state index in [1.165, 1.54) is 6.20 Å². The molecule has 0 fully saturated rings. The molecule has 5 nitrogen and oxygen atoms in total. The van der Waals surface area contributed by atoms with Crippen LogP contribution in [0.15, 0.2) is 30.7 Å². The maximum atomic E-state index is 11.9. The first-order valence-corrected chi connectivity index (χ1v) is 5.28. The van der Waals surface area contributed by atoms with Crippen molar-refractivity contribution in [1.29, 1.82) is 0 Å². The minimum Gasteiger partial charge on any atom is -0.399 e. The molecule has 0 spiro atoms. The van der Waals surface area contributed by atoms with Gasteiger partial charge in [0.25, 0.3) is 5.91 Å². The zero-order valence-electron chi connectivity index (χ0n) is 9.14. The van der Waals surface area contributed by atoms with Crippen LogP contribution in [0.2, 0.25) is 5.02 Å². The van der Waals surface area contributed by atoms with Crippen LogP contribution < -0.4 is 11.1 Å². The summed E-state index contributed by atoms with van der Waals surface area (Å²) in [4.78, 5) is 15.8. The van der Waals surface area contributed by atoms with E-state index in [-0.39, 0.29) is 5.91 Å². The quantitative estimate of drug-likeness (QED) is 0.800. The van der Waals surface area contributed by atoms with E-state index in [0.717, 1.165) is 0 Å². The molecule has 0 aliphatic rings. The smallest absolute Gasteiger partial charge is 0.273 e. The van der Waals surface area contributed by atoms with Crippen molar-refractivity contribution in [2.24, 2.45) is 7.05 Å². The van der Waals surface area contributed by atoms with Crippen LogP contribution >= 0.6 is 11.6 Å². The Labute approximate surface area is 103 Å². The molecule has 1 heterocycles. The highest BCUT2D eigenvalue weighted by Crippen LogP contribution is 2.24. The van der Waals surface area contributed by atoms with E-state index in [9.17, 15) is 4.79 Å². The lowest BCUT2D eigenvalue weighted by Gasteiger charge is -2.08. The minimum atomic E-state index is -0.280. The number of aromatic nitrogens is 2. The fourth-order valence-corrected chi connectivity index (χ4v) is 1.57. The predicted octanol–water partition coefficient (Wildman–Crippen LogP) is 1.91. The van der Waals surface area contributed by atoms with Gasteiger partial charge in [-0.05, 0) is 18.2 Å². The number of carbonyl (C=O) groups is 1. The zero-order valence-corrected chi connectivity index (χ0v) is 9.90. The zero-order chi connectivity index (χ0) is 12.4. The van der Waals surface area contributed by atoms with Crippen LogP contribution in [0.4, 0.5) is 11.4 Å². The van der Waals surface area contributed by atoms with Gasteiger partial charge in [-0.3, -0.25) is 4.79 Å². The van der Waals surface area contributed by atoms with Crippen molar-refractivity contribution in [3.8, 4) is 0 Å². The minimum absolute atomic E-state index is 0.280. The molecule has 0 radical (unpaired) electrons. The highest BCUT2D eigenvalue weighted by atomic mass is 35.5. The molecular formula is C11H11ClN4O. The van der Waals surface area contributed by atoms with E-state index >= 15 is 0 Å². The standard InChI is InChI=1S/C11H11ClN4O/c1-16-6-14-5-10(16)11(17)15-9-4-7(13)2-3-8(9)12/h2-6H,13H2,1H3,(H,15,17). The number of aryl methyl sites for hydroxylation is 1. The first kappa shape index (κ1) is 11.5. The Morgan fingerprint density at radius 3 is 2.94 bits per heavy atom. The van der Waals surface area contributed by atoms with Crippen LogP contribution in [0.5, 0.6) is 0 Å². The molecule has 1 aromatic heterocycles. The average molecular weight is 251 g/mol. The Hall–Kier alpha value is -2.01. The van der Waals surface area contributed by atoms with Crippen molar-refractivity contribution < 1.29 is 4.79 Å². The van der Waals surface area contributed by atoms with Gasteiger partial charge in [-0.1, -0.05) is 11.6 Å². The summed E-state index contributed by atoms with van der Waals surface area (Å²) in [6.45, 7) is 0. The van der Waals surface area contributed by atoms with Crippen LogP contribution in [-0.4, -0.2) is 15.5 Å². The summed E-state index contributed by atoms with van der Waals surface area (Å²) in [5, 5.41) is 3.12. The van der Waals surface area contributed by atoms with Gasteiger partial charge in [-0.25, -0.2) is 4.98 Å². The van der Waals surface area contributed by atoms with Crippen molar-refractivity contribution in [1.82, 2.24) is 9.55 Å². The van der Waals surface area contributed by atoms with Crippen molar-refractivity contribution in [2.45, 2.75) is 0 Å².